The molecule has 13 rings (SSSR count). The Morgan fingerprint density at radius 1 is 0.344 bits per heavy atom. The number of benzene rings is 9. The van der Waals surface area contributed by atoms with Crippen molar-refractivity contribution in [3.63, 3.8) is 0 Å². The van der Waals surface area contributed by atoms with Crippen molar-refractivity contribution < 1.29 is 0 Å². The lowest BCUT2D eigenvalue weighted by Gasteiger charge is -2.30. The van der Waals surface area contributed by atoms with Crippen molar-refractivity contribution in [1.82, 2.24) is 15.0 Å². The molecule has 64 heavy (non-hydrogen) atoms. The fraction of sp³-hybridized carbons (Fsp3) is 0.0169. The lowest BCUT2D eigenvalue weighted by atomic mass is 9.70. The number of rotatable bonds is 5. The Bertz CT molecular complexity index is 3720. The molecular formula is C59H34N4S. The average Bonchev–Trinajstić information content (AvgIpc) is 4.00. The third-order valence-electron chi connectivity index (χ3n) is 13.2. The average molecular weight is 831 g/mol. The van der Waals surface area contributed by atoms with Gasteiger partial charge in [-0.05, 0) is 121 Å². The second-order valence-corrected chi connectivity index (χ2v) is 17.7. The van der Waals surface area contributed by atoms with Gasteiger partial charge in [0, 0.05) is 36.9 Å². The predicted octanol–water partition coefficient (Wildman–Crippen LogP) is 14.8. The Labute approximate surface area is 374 Å². The summed E-state index contributed by atoms with van der Waals surface area (Å²) in [6.07, 6.45) is 0. The monoisotopic (exact) mass is 830 g/mol. The first-order chi connectivity index (χ1) is 31.6. The van der Waals surface area contributed by atoms with Crippen LogP contribution < -0.4 is 0 Å². The maximum Gasteiger partial charge on any atom is 0.164 e. The highest BCUT2D eigenvalue weighted by Crippen LogP contribution is 2.63. The van der Waals surface area contributed by atoms with Gasteiger partial charge >= 0.3 is 0 Å². The third kappa shape index (κ3) is 5.43. The minimum Gasteiger partial charge on any atom is -0.208 e. The smallest absolute Gasteiger partial charge is 0.164 e. The Hall–Kier alpha value is -8.30. The summed E-state index contributed by atoms with van der Waals surface area (Å²) in [5, 5.41) is 11.8. The van der Waals surface area contributed by atoms with E-state index in [-0.39, 0.29) is 5.41 Å². The van der Waals surface area contributed by atoms with Crippen LogP contribution in [0.2, 0.25) is 0 Å². The van der Waals surface area contributed by atoms with Crippen molar-refractivity contribution >= 4 is 31.5 Å². The zero-order valence-electron chi connectivity index (χ0n) is 34.3. The van der Waals surface area contributed by atoms with Crippen LogP contribution in [0.3, 0.4) is 0 Å². The highest BCUT2D eigenvalue weighted by molar-refractivity contribution is 7.25. The van der Waals surface area contributed by atoms with Crippen LogP contribution in [-0.2, 0) is 5.41 Å². The van der Waals surface area contributed by atoms with Gasteiger partial charge in [0.1, 0.15) is 0 Å². The van der Waals surface area contributed by atoms with Crippen molar-refractivity contribution in [1.29, 1.82) is 5.26 Å². The van der Waals surface area contributed by atoms with Gasteiger partial charge in [0.25, 0.3) is 0 Å². The van der Waals surface area contributed by atoms with E-state index in [0.717, 1.165) is 53.6 Å². The first-order valence-corrected chi connectivity index (χ1v) is 22.3. The quantitative estimate of drug-likeness (QED) is 0.173. The molecule has 0 fully saturated rings. The lowest BCUT2D eigenvalue weighted by molar-refractivity contribution is 0.794. The van der Waals surface area contributed by atoms with Gasteiger partial charge in [0.2, 0.25) is 0 Å². The van der Waals surface area contributed by atoms with Crippen molar-refractivity contribution in [2.24, 2.45) is 0 Å². The SMILES string of the molecule is N#Cc1ccc2sc3ccc(-c4nc(-c5ccccc5)nc(-c5cccc(-c6cccc(-c7ccc8c(c7)-c7ccccc7C87c8ccccc8-c8ccccc87)c6)c5)n4)cc3c2c1. The first kappa shape index (κ1) is 36.4. The molecule has 9 aromatic carbocycles. The Balaban J connectivity index is 0.902. The van der Waals surface area contributed by atoms with Gasteiger partial charge in [0.05, 0.1) is 17.0 Å². The minimum atomic E-state index is -0.359. The molecule has 2 heterocycles. The molecule has 2 aliphatic carbocycles. The number of nitriles is 1. The zero-order chi connectivity index (χ0) is 42.4. The van der Waals surface area contributed by atoms with Crippen molar-refractivity contribution in [3.8, 4) is 84.7 Å². The van der Waals surface area contributed by atoms with E-state index in [1.165, 1.54) is 50.1 Å². The molecule has 1 spiro atoms. The number of hydrogen-bond acceptors (Lipinski definition) is 5. The summed E-state index contributed by atoms with van der Waals surface area (Å²) < 4.78 is 2.30. The molecule has 0 saturated heterocycles. The molecule has 0 amide bonds. The molecule has 0 unspecified atom stereocenters. The summed E-state index contributed by atoms with van der Waals surface area (Å²) in [4.78, 5) is 15.3. The molecule has 0 radical (unpaired) electrons. The number of hydrogen-bond donors (Lipinski definition) is 0. The second-order valence-electron chi connectivity index (χ2n) is 16.6. The molecular weight excluding hydrogens is 797 g/mol. The van der Waals surface area contributed by atoms with E-state index in [9.17, 15) is 5.26 Å². The second kappa shape index (κ2) is 14.1. The van der Waals surface area contributed by atoms with E-state index in [1.807, 2.05) is 48.5 Å². The molecule has 0 bridgehead atoms. The molecule has 0 atom stereocenters. The summed E-state index contributed by atoms with van der Waals surface area (Å²) in [5.41, 5.74) is 18.1. The molecule has 0 saturated carbocycles. The van der Waals surface area contributed by atoms with Crippen molar-refractivity contribution in [3.05, 3.63) is 234 Å². The molecule has 296 valence electrons. The van der Waals surface area contributed by atoms with Gasteiger partial charge < -0.3 is 0 Å². The summed E-state index contributed by atoms with van der Waals surface area (Å²) >= 11 is 1.72. The summed E-state index contributed by atoms with van der Waals surface area (Å²) in [6, 6.07) is 75.9. The van der Waals surface area contributed by atoms with Crippen molar-refractivity contribution in [2.75, 3.05) is 0 Å². The minimum absolute atomic E-state index is 0.359. The fourth-order valence-electron chi connectivity index (χ4n) is 10.3. The van der Waals surface area contributed by atoms with Gasteiger partial charge in [-0.15, -0.1) is 11.3 Å². The van der Waals surface area contributed by atoms with Crippen molar-refractivity contribution in [2.45, 2.75) is 5.41 Å². The van der Waals surface area contributed by atoms with Gasteiger partial charge in [-0.25, -0.2) is 15.0 Å². The largest absolute Gasteiger partial charge is 0.208 e. The van der Waals surface area contributed by atoms with Crippen LogP contribution >= 0.6 is 11.3 Å². The Morgan fingerprint density at radius 2 is 0.781 bits per heavy atom. The van der Waals surface area contributed by atoms with Crippen LogP contribution in [0.5, 0.6) is 0 Å². The maximum absolute atomic E-state index is 9.64. The highest BCUT2D eigenvalue weighted by atomic mass is 32.1. The van der Waals surface area contributed by atoms with Crippen LogP contribution in [-0.4, -0.2) is 15.0 Å². The fourth-order valence-corrected chi connectivity index (χ4v) is 11.4. The van der Waals surface area contributed by atoms with Gasteiger partial charge in [0.15, 0.2) is 17.5 Å². The van der Waals surface area contributed by atoms with Gasteiger partial charge in [-0.2, -0.15) is 5.26 Å². The van der Waals surface area contributed by atoms with Crippen LogP contribution in [0.1, 0.15) is 27.8 Å². The molecule has 2 aromatic heterocycles. The number of aromatic nitrogens is 3. The van der Waals surface area contributed by atoms with E-state index in [4.69, 9.17) is 15.0 Å². The van der Waals surface area contributed by atoms with Crippen LogP contribution in [0.4, 0.5) is 0 Å². The van der Waals surface area contributed by atoms with E-state index < -0.39 is 0 Å². The number of fused-ring (bicyclic) bond motifs is 13. The summed E-state index contributed by atoms with van der Waals surface area (Å²) in [5.74, 6) is 1.81. The molecule has 0 N–H and O–H groups in total. The standard InChI is InChI=1S/C59H34N4S/c60-35-36-24-28-54-48(30-36)49-34-43(26-29-55(49)64-54)58-62-56(37-12-2-1-3-13-37)61-57(63-58)42-17-11-16-40(32-42)38-14-10-15-39(31-38)41-25-27-53-47(33-41)46-20-6-9-23-52(46)59(53)50-21-7-4-18-44(50)45-19-5-8-22-51(45)59/h1-34H. The summed E-state index contributed by atoms with van der Waals surface area (Å²) in [6.45, 7) is 0. The van der Waals surface area contributed by atoms with Crippen LogP contribution in [0, 0.1) is 11.3 Å². The van der Waals surface area contributed by atoms with Crippen LogP contribution in [0.25, 0.3) is 98.8 Å². The van der Waals surface area contributed by atoms with Crippen LogP contribution in [0.15, 0.2) is 206 Å². The lowest BCUT2D eigenvalue weighted by Crippen LogP contribution is -2.25. The Kier molecular flexibility index (Phi) is 8.02. The molecule has 0 aliphatic heterocycles. The Morgan fingerprint density at radius 3 is 1.41 bits per heavy atom. The van der Waals surface area contributed by atoms with E-state index in [1.54, 1.807) is 11.3 Å². The number of thiophene rings is 1. The van der Waals surface area contributed by atoms with E-state index in [0.29, 0.717) is 23.0 Å². The third-order valence-corrected chi connectivity index (χ3v) is 14.3. The molecule has 11 aromatic rings. The van der Waals surface area contributed by atoms with Gasteiger partial charge in [-0.3, -0.25) is 0 Å². The zero-order valence-corrected chi connectivity index (χ0v) is 35.1. The summed E-state index contributed by atoms with van der Waals surface area (Å²) in [7, 11) is 0. The maximum atomic E-state index is 9.64. The van der Waals surface area contributed by atoms with E-state index >= 15 is 0 Å². The predicted molar refractivity (Wildman–Crippen MR) is 261 cm³/mol. The van der Waals surface area contributed by atoms with E-state index in [2.05, 4.69) is 164 Å². The molecule has 2 aliphatic rings. The van der Waals surface area contributed by atoms with Gasteiger partial charge in [-0.1, -0.05) is 152 Å². The molecule has 4 nitrogen and oxygen atoms in total. The highest BCUT2D eigenvalue weighted by Gasteiger charge is 2.51. The number of nitrogens with zero attached hydrogens (tertiary/aromatic N) is 4. The normalized spacial score (nSPS) is 12.8. The first-order valence-electron chi connectivity index (χ1n) is 21.5. The molecule has 5 heteroatoms. The topological polar surface area (TPSA) is 62.5 Å².